The minimum absolute atomic E-state index is 0.00400. The molecule has 1 saturated heterocycles. The number of amides is 1. The standard InChI is InChI=1S/C31H33N3O9/c1-33(2)23-19-9-16-8-15-7-14-5-4-13(10-34-11-17(12-34)30(41)43-3)6-18(14)24(35)20(15)25(36)21(16)27(38)31(19,42)28(39)22(26(23)37)29(32)40/h4-7,16-17,19,21-23,35,42H,8-12H2,1-3H3,(H2,32,40). The molecule has 1 heterocycles. The van der Waals surface area contributed by atoms with Crippen LogP contribution in [0.5, 0.6) is 5.75 Å². The van der Waals surface area contributed by atoms with Crippen LogP contribution in [-0.4, -0.2) is 101 Å². The molecular formula is C31H33N3O9. The molecule has 3 aliphatic carbocycles. The lowest BCUT2D eigenvalue weighted by Crippen LogP contribution is -2.74. The van der Waals surface area contributed by atoms with Crippen molar-refractivity contribution in [3.8, 4) is 5.75 Å². The lowest BCUT2D eigenvalue weighted by Gasteiger charge is -2.52. The van der Waals surface area contributed by atoms with Crippen molar-refractivity contribution in [1.82, 2.24) is 9.80 Å². The number of aliphatic hydroxyl groups is 1. The predicted molar refractivity (Wildman–Crippen MR) is 150 cm³/mol. The first-order valence-electron chi connectivity index (χ1n) is 14.2. The number of likely N-dealkylation sites (tertiary alicyclic amines) is 1. The Morgan fingerprint density at radius 2 is 1.81 bits per heavy atom. The molecule has 6 rings (SSSR count). The number of carbonyl (C=O) groups is 6. The fraction of sp³-hybridized carbons (Fsp3) is 0.484. The van der Waals surface area contributed by atoms with E-state index in [-0.39, 0.29) is 36.0 Å². The molecule has 1 amide bonds. The van der Waals surface area contributed by atoms with E-state index in [1.54, 1.807) is 26.2 Å². The number of ether oxygens (including phenoxy) is 1. The fourth-order valence-electron chi connectivity index (χ4n) is 7.79. The van der Waals surface area contributed by atoms with Gasteiger partial charge in [0.05, 0.1) is 30.6 Å². The Kier molecular flexibility index (Phi) is 6.79. The summed E-state index contributed by atoms with van der Waals surface area (Å²) in [5.74, 6) is -11.1. The van der Waals surface area contributed by atoms with Gasteiger partial charge >= 0.3 is 5.97 Å². The molecular weight excluding hydrogens is 558 g/mol. The molecule has 12 heteroatoms. The summed E-state index contributed by atoms with van der Waals surface area (Å²) in [6.45, 7) is 1.61. The number of ketones is 4. The number of rotatable bonds is 5. The van der Waals surface area contributed by atoms with Crippen LogP contribution in [0.3, 0.4) is 0 Å². The highest BCUT2D eigenvalue weighted by Crippen LogP contribution is 2.51. The molecule has 0 radical (unpaired) electrons. The third-order valence-electron chi connectivity index (χ3n) is 9.83. The summed E-state index contributed by atoms with van der Waals surface area (Å²) in [6.07, 6.45) is 0.212. The third-order valence-corrected chi connectivity index (χ3v) is 9.83. The largest absolute Gasteiger partial charge is 0.507 e. The van der Waals surface area contributed by atoms with Crippen molar-refractivity contribution in [2.75, 3.05) is 34.3 Å². The topological polar surface area (TPSA) is 185 Å². The van der Waals surface area contributed by atoms with Crippen LogP contribution in [0.15, 0.2) is 24.3 Å². The lowest BCUT2D eigenvalue weighted by atomic mass is 9.52. The van der Waals surface area contributed by atoms with Crippen molar-refractivity contribution in [2.24, 2.45) is 35.3 Å². The van der Waals surface area contributed by atoms with Crippen molar-refractivity contribution in [1.29, 1.82) is 0 Å². The van der Waals surface area contributed by atoms with Crippen molar-refractivity contribution in [3.63, 3.8) is 0 Å². The van der Waals surface area contributed by atoms with E-state index in [0.717, 1.165) is 5.56 Å². The number of phenols is 1. The molecule has 3 fully saturated rings. The summed E-state index contributed by atoms with van der Waals surface area (Å²) < 4.78 is 4.79. The molecule has 12 nitrogen and oxygen atoms in total. The van der Waals surface area contributed by atoms with Crippen LogP contribution in [0.4, 0.5) is 0 Å². The molecule has 2 aromatic rings. The Bertz CT molecular complexity index is 1630. The van der Waals surface area contributed by atoms with E-state index in [0.29, 0.717) is 36.0 Å². The maximum Gasteiger partial charge on any atom is 0.311 e. The number of aromatic hydroxyl groups is 1. The van der Waals surface area contributed by atoms with Crippen LogP contribution in [-0.2, 0) is 41.7 Å². The minimum Gasteiger partial charge on any atom is -0.507 e. The van der Waals surface area contributed by atoms with Crippen LogP contribution >= 0.6 is 0 Å². The molecule has 2 aromatic carbocycles. The first kappa shape index (κ1) is 29.1. The molecule has 6 unspecified atom stereocenters. The van der Waals surface area contributed by atoms with Gasteiger partial charge in [-0.2, -0.15) is 0 Å². The third kappa shape index (κ3) is 4.15. The summed E-state index contributed by atoms with van der Waals surface area (Å²) >= 11 is 0. The van der Waals surface area contributed by atoms with E-state index in [1.807, 2.05) is 12.1 Å². The number of likely N-dealkylation sites (N-methyl/N-ethyl adjacent to an activating group) is 1. The number of hydrogen-bond donors (Lipinski definition) is 3. The Balaban J connectivity index is 1.35. The number of benzene rings is 2. The normalized spacial score (nSPS) is 31.0. The molecule has 1 aliphatic heterocycles. The number of methoxy groups -OCH3 is 1. The quantitative estimate of drug-likeness (QED) is 0.304. The summed E-state index contributed by atoms with van der Waals surface area (Å²) in [4.78, 5) is 81.9. The zero-order valence-electron chi connectivity index (χ0n) is 24.0. The Morgan fingerprint density at radius 3 is 2.44 bits per heavy atom. The zero-order chi connectivity index (χ0) is 31.1. The SMILES string of the molecule is COC(=O)C1CN(Cc2ccc3cc4c(c(O)c3c2)C(=O)C2C(=O)C3(O)C(=O)C(C(N)=O)C(=O)C(N(C)C)C3CC2C4)C1. The van der Waals surface area contributed by atoms with E-state index in [9.17, 15) is 39.0 Å². The van der Waals surface area contributed by atoms with Gasteiger partial charge in [0.1, 0.15) is 5.75 Å². The predicted octanol–water partition coefficient (Wildman–Crippen LogP) is -0.375. The van der Waals surface area contributed by atoms with Gasteiger partial charge in [0.2, 0.25) is 5.91 Å². The number of nitrogens with two attached hydrogens (primary N) is 1. The number of phenolic OH excluding ortho intramolecular Hbond substituents is 1. The molecule has 226 valence electrons. The van der Waals surface area contributed by atoms with Crippen LogP contribution in [0.2, 0.25) is 0 Å². The summed E-state index contributed by atoms with van der Waals surface area (Å²) in [5.41, 5.74) is 3.96. The molecule has 0 bridgehead atoms. The van der Waals surface area contributed by atoms with E-state index in [2.05, 4.69) is 4.90 Å². The zero-order valence-corrected chi connectivity index (χ0v) is 24.0. The van der Waals surface area contributed by atoms with Gasteiger partial charge in [-0.1, -0.05) is 18.2 Å². The van der Waals surface area contributed by atoms with Gasteiger partial charge < -0.3 is 20.7 Å². The smallest absolute Gasteiger partial charge is 0.311 e. The van der Waals surface area contributed by atoms with Gasteiger partial charge in [-0.3, -0.25) is 38.6 Å². The summed E-state index contributed by atoms with van der Waals surface area (Å²) in [7, 11) is 4.45. The van der Waals surface area contributed by atoms with Gasteiger partial charge in [0.15, 0.2) is 34.7 Å². The molecule has 2 saturated carbocycles. The maximum absolute atomic E-state index is 14.0. The first-order valence-corrected chi connectivity index (χ1v) is 14.2. The Morgan fingerprint density at radius 1 is 1.12 bits per heavy atom. The molecule has 0 aromatic heterocycles. The Hall–Kier alpha value is -4.00. The van der Waals surface area contributed by atoms with E-state index in [1.165, 1.54) is 12.0 Å². The van der Waals surface area contributed by atoms with Crippen molar-refractivity contribution in [2.45, 2.75) is 31.0 Å². The van der Waals surface area contributed by atoms with Gasteiger partial charge in [0, 0.05) is 30.9 Å². The van der Waals surface area contributed by atoms with Gasteiger partial charge in [-0.15, -0.1) is 0 Å². The number of fused-ring (bicyclic) bond motifs is 4. The van der Waals surface area contributed by atoms with E-state index < -0.39 is 64.4 Å². The summed E-state index contributed by atoms with van der Waals surface area (Å²) in [6, 6.07) is 6.17. The fourth-order valence-corrected chi connectivity index (χ4v) is 7.79. The van der Waals surface area contributed by atoms with Gasteiger partial charge in [0.25, 0.3) is 0 Å². The van der Waals surface area contributed by atoms with Crippen molar-refractivity contribution in [3.05, 3.63) is 41.0 Å². The molecule has 0 spiro atoms. The number of hydrogen-bond acceptors (Lipinski definition) is 11. The second-order valence-corrected chi connectivity index (χ2v) is 12.5. The summed E-state index contributed by atoms with van der Waals surface area (Å²) in [5, 5.41) is 24.2. The number of esters is 1. The highest BCUT2D eigenvalue weighted by molar-refractivity contribution is 6.32. The average Bonchev–Trinajstić information content (AvgIpc) is 2.92. The van der Waals surface area contributed by atoms with Gasteiger partial charge in [-0.05, 0) is 55.4 Å². The number of Topliss-reactive ketones (excluding diaryl/α,β-unsaturated/α-hetero) is 4. The van der Waals surface area contributed by atoms with Crippen molar-refractivity contribution >= 4 is 45.8 Å². The molecule has 4 N–H and O–H groups in total. The van der Waals surface area contributed by atoms with E-state index in [4.69, 9.17) is 10.5 Å². The average molecular weight is 592 g/mol. The number of primary amides is 1. The molecule has 43 heavy (non-hydrogen) atoms. The van der Waals surface area contributed by atoms with Crippen LogP contribution in [0.25, 0.3) is 10.8 Å². The second-order valence-electron chi connectivity index (χ2n) is 12.5. The van der Waals surface area contributed by atoms with Crippen LogP contribution < -0.4 is 5.73 Å². The van der Waals surface area contributed by atoms with Crippen molar-refractivity contribution < 1.29 is 43.7 Å². The number of nitrogens with zero attached hydrogens (tertiary/aromatic N) is 2. The second kappa shape index (κ2) is 10.0. The van der Waals surface area contributed by atoms with Gasteiger partial charge in [-0.25, -0.2) is 0 Å². The Labute approximate surface area is 246 Å². The number of carbonyl (C=O) groups excluding carboxylic acids is 6. The molecule has 6 atom stereocenters. The maximum atomic E-state index is 14.0. The highest BCUT2D eigenvalue weighted by atomic mass is 16.5. The first-order chi connectivity index (χ1) is 20.3. The van der Waals surface area contributed by atoms with E-state index >= 15 is 0 Å². The minimum atomic E-state index is -2.75. The van der Waals surface area contributed by atoms with Crippen LogP contribution in [0.1, 0.15) is 27.9 Å². The monoisotopic (exact) mass is 591 g/mol. The highest BCUT2D eigenvalue weighted by Gasteiger charge is 2.69. The van der Waals surface area contributed by atoms with Crippen LogP contribution in [0, 0.1) is 29.6 Å². The lowest BCUT2D eigenvalue weighted by molar-refractivity contribution is -0.181. The molecule has 4 aliphatic rings.